The first kappa shape index (κ1) is 26.9. The normalized spacial score (nSPS) is 16.6. The molecule has 0 unspecified atom stereocenters. The minimum atomic E-state index is -0.156. The van der Waals surface area contributed by atoms with E-state index in [9.17, 15) is 9.59 Å². The van der Waals surface area contributed by atoms with Crippen LogP contribution in [0, 0.1) is 13.8 Å². The number of nitrogens with one attached hydrogen (secondary N) is 3. The van der Waals surface area contributed by atoms with Crippen molar-refractivity contribution in [3.8, 4) is 11.1 Å². The highest BCUT2D eigenvalue weighted by molar-refractivity contribution is 6.35. The molecule has 0 saturated carbocycles. The number of amides is 2. The number of ether oxygens (including phenoxy) is 1. The number of aryl methyl sites for hydroxylation is 1. The summed E-state index contributed by atoms with van der Waals surface area (Å²) >= 11 is 0. The molecule has 0 bridgehead atoms. The van der Waals surface area contributed by atoms with Crippen LogP contribution in [0.5, 0.6) is 0 Å². The van der Waals surface area contributed by atoms with Crippen LogP contribution in [0.3, 0.4) is 0 Å². The quantitative estimate of drug-likeness (QED) is 0.356. The van der Waals surface area contributed by atoms with Crippen LogP contribution in [-0.4, -0.2) is 70.9 Å². The summed E-state index contributed by atoms with van der Waals surface area (Å²) in [5.74, 6) is -0.255. The molecule has 1 aromatic carbocycles. The van der Waals surface area contributed by atoms with Crippen molar-refractivity contribution in [1.82, 2.24) is 25.0 Å². The van der Waals surface area contributed by atoms with Gasteiger partial charge in [-0.15, -0.1) is 0 Å². The van der Waals surface area contributed by atoms with E-state index in [0.29, 0.717) is 23.7 Å². The topological polar surface area (TPSA) is 104 Å². The summed E-state index contributed by atoms with van der Waals surface area (Å²) in [6.45, 7) is 12.9. The maximum absolute atomic E-state index is 13.0. The van der Waals surface area contributed by atoms with Crippen molar-refractivity contribution in [3.63, 3.8) is 0 Å². The fourth-order valence-electron chi connectivity index (χ4n) is 5.51. The largest absolute Gasteiger partial charge is 0.381 e. The summed E-state index contributed by atoms with van der Waals surface area (Å²) in [5, 5.41) is 10.6. The van der Waals surface area contributed by atoms with Gasteiger partial charge in [0.2, 0.25) is 0 Å². The minimum Gasteiger partial charge on any atom is -0.381 e. The standard InChI is InChI=1S/C30H38N6O3/c1-5-35(6-2)12-11-31-30(38)28-19(3)27(33-20(28)4)16-25-24-15-21(7-8-26(24)34-29(25)37)22-17-32-36(18-22)23-9-13-39-14-10-23/h7-8,15-18,23,33H,5-6,9-14H2,1-4H3,(H,31,38)(H,34,37)/b25-16-. The van der Waals surface area contributed by atoms with Crippen LogP contribution in [0.15, 0.2) is 30.6 Å². The Labute approximate surface area is 229 Å². The third kappa shape index (κ3) is 5.55. The molecule has 3 N–H and O–H groups in total. The monoisotopic (exact) mass is 530 g/mol. The Morgan fingerprint density at radius 3 is 2.72 bits per heavy atom. The molecule has 2 aliphatic rings. The summed E-state index contributed by atoms with van der Waals surface area (Å²) in [7, 11) is 0. The molecule has 1 fully saturated rings. The molecule has 39 heavy (non-hydrogen) atoms. The third-order valence-electron chi connectivity index (χ3n) is 7.90. The SMILES string of the molecule is CCN(CC)CCNC(=O)c1c(C)[nH]c(/C=C2\C(=O)Nc3ccc(-c4cnn(C5CCOCC5)c4)cc32)c1C. The Bertz CT molecular complexity index is 1390. The zero-order valence-corrected chi connectivity index (χ0v) is 23.3. The van der Waals surface area contributed by atoms with Crippen molar-refractivity contribution in [2.75, 3.05) is 44.7 Å². The Kier molecular flexibility index (Phi) is 7.99. The molecule has 0 spiro atoms. The molecule has 9 heteroatoms. The second-order valence-corrected chi connectivity index (χ2v) is 10.3. The zero-order chi connectivity index (χ0) is 27.5. The number of nitrogens with zero attached hydrogens (tertiary/aromatic N) is 3. The summed E-state index contributed by atoms with van der Waals surface area (Å²) in [6, 6.07) is 6.34. The molecular formula is C30H38N6O3. The van der Waals surface area contributed by atoms with E-state index >= 15 is 0 Å². The lowest BCUT2D eigenvalue weighted by Crippen LogP contribution is -2.35. The summed E-state index contributed by atoms with van der Waals surface area (Å²) in [5.41, 5.74) is 7.21. The Morgan fingerprint density at radius 1 is 1.21 bits per heavy atom. The predicted octanol–water partition coefficient (Wildman–Crippen LogP) is 4.41. The van der Waals surface area contributed by atoms with E-state index in [4.69, 9.17) is 4.74 Å². The first-order valence-electron chi connectivity index (χ1n) is 13.9. The van der Waals surface area contributed by atoms with Crippen LogP contribution < -0.4 is 10.6 Å². The summed E-state index contributed by atoms with van der Waals surface area (Å²) in [4.78, 5) is 31.6. The molecule has 5 rings (SSSR count). The van der Waals surface area contributed by atoms with E-state index in [1.165, 1.54) is 0 Å². The van der Waals surface area contributed by atoms with Crippen molar-refractivity contribution in [1.29, 1.82) is 0 Å². The van der Waals surface area contributed by atoms with Gasteiger partial charge >= 0.3 is 0 Å². The number of carbonyl (C=O) groups excluding carboxylic acids is 2. The number of aromatic amines is 1. The molecular weight excluding hydrogens is 492 g/mol. The van der Waals surface area contributed by atoms with Crippen LogP contribution in [0.1, 0.15) is 65.6 Å². The first-order valence-corrected chi connectivity index (χ1v) is 13.9. The Balaban J connectivity index is 1.38. The van der Waals surface area contributed by atoms with Crippen molar-refractivity contribution < 1.29 is 14.3 Å². The smallest absolute Gasteiger partial charge is 0.256 e. The molecule has 9 nitrogen and oxygen atoms in total. The highest BCUT2D eigenvalue weighted by Crippen LogP contribution is 2.37. The number of likely N-dealkylation sites (N-methyl/N-ethyl adjacent to an activating group) is 1. The number of rotatable bonds is 9. The van der Waals surface area contributed by atoms with Crippen LogP contribution >= 0.6 is 0 Å². The number of aromatic nitrogens is 3. The number of hydrogen-bond acceptors (Lipinski definition) is 5. The molecule has 0 radical (unpaired) electrons. The Morgan fingerprint density at radius 2 is 1.97 bits per heavy atom. The van der Waals surface area contributed by atoms with Gasteiger partial charge < -0.3 is 25.3 Å². The van der Waals surface area contributed by atoms with Crippen molar-refractivity contribution >= 4 is 29.2 Å². The maximum atomic E-state index is 13.0. The van der Waals surface area contributed by atoms with Gasteiger partial charge in [0.25, 0.3) is 11.8 Å². The van der Waals surface area contributed by atoms with Gasteiger partial charge in [-0.1, -0.05) is 19.9 Å². The van der Waals surface area contributed by atoms with Gasteiger partial charge in [0, 0.05) is 60.7 Å². The lowest BCUT2D eigenvalue weighted by Gasteiger charge is -2.22. The number of carbonyl (C=O) groups is 2. The molecule has 206 valence electrons. The number of anilines is 1. The van der Waals surface area contributed by atoms with Crippen molar-refractivity contribution in [2.24, 2.45) is 0 Å². The zero-order valence-electron chi connectivity index (χ0n) is 23.3. The van der Waals surface area contributed by atoms with Gasteiger partial charge in [-0.25, -0.2) is 0 Å². The summed E-state index contributed by atoms with van der Waals surface area (Å²) in [6.07, 6.45) is 7.73. The van der Waals surface area contributed by atoms with Gasteiger partial charge in [0.1, 0.15) is 0 Å². The number of fused-ring (bicyclic) bond motifs is 1. The number of benzene rings is 1. The van der Waals surface area contributed by atoms with E-state index in [0.717, 1.165) is 85.0 Å². The van der Waals surface area contributed by atoms with Gasteiger partial charge in [-0.3, -0.25) is 14.3 Å². The van der Waals surface area contributed by atoms with E-state index in [-0.39, 0.29) is 11.8 Å². The lowest BCUT2D eigenvalue weighted by molar-refractivity contribution is -0.110. The van der Waals surface area contributed by atoms with Crippen molar-refractivity contribution in [2.45, 2.75) is 46.6 Å². The number of hydrogen-bond donors (Lipinski definition) is 3. The molecule has 0 aliphatic carbocycles. The average Bonchev–Trinajstić information content (AvgIpc) is 3.63. The third-order valence-corrected chi connectivity index (χ3v) is 7.90. The van der Waals surface area contributed by atoms with Gasteiger partial charge in [0.15, 0.2) is 0 Å². The van der Waals surface area contributed by atoms with Crippen molar-refractivity contribution in [3.05, 3.63) is 58.7 Å². The molecule has 3 aromatic rings. The molecule has 2 aromatic heterocycles. The van der Waals surface area contributed by atoms with Crippen LogP contribution in [0.25, 0.3) is 22.8 Å². The first-order chi connectivity index (χ1) is 18.9. The fourth-order valence-corrected chi connectivity index (χ4v) is 5.51. The van der Waals surface area contributed by atoms with Gasteiger partial charge in [0.05, 0.1) is 23.4 Å². The van der Waals surface area contributed by atoms with Crippen LogP contribution in [-0.2, 0) is 9.53 Å². The number of H-pyrrole nitrogens is 1. The summed E-state index contributed by atoms with van der Waals surface area (Å²) < 4.78 is 7.52. The molecule has 2 aliphatic heterocycles. The van der Waals surface area contributed by atoms with E-state index < -0.39 is 0 Å². The van der Waals surface area contributed by atoms with E-state index in [1.807, 2.05) is 49.0 Å². The minimum absolute atomic E-state index is 0.0989. The predicted molar refractivity (Wildman–Crippen MR) is 154 cm³/mol. The Hall–Kier alpha value is -3.69. The van der Waals surface area contributed by atoms with E-state index in [1.54, 1.807) is 0 Å². The lowest BCUT2D eigenvalue weighted by atomic mass is 9.99. The average molecular weight is 531 g/mol. The van der Waals surface area contributed by atoms with Crippen LogP contribution in [0.4, 0.5) is 5.69 Å². The molecule has 0 atom stereocenters. The molecule has 2 amide bonds. The molecule has 1 saturated heterocycles. The van der Waals surface area contributed by atoms with Gasteiger partial charge in [-0.05, 0) is 69.1 Å². The highest BCUT2D eigenvalue weighted by atomic mass is 16.5. The fraction of sp³-hybridized carbons (Fsp3) is 0.433. The highest BCUT2D eigenvalue weighted by Gasteiger charge is 2.26. The maximum Gasteiger partial charge on any atom is 0.256 e. The second-order valence-electron chi connectivity index (χ2n) is 10.3. The van der Waals surface area contributed by atoms with Crippen LogP contribution in [0.2, 0.25) is 0 Å². The molecule has 4 heterocycles. The second kappa shape index (κ2) is 11.6. The van der Waals surface area contributed by atoms with Gasteiger partial charge in [-0.2, -0.15) is 5.10 Å². The van der Waals surface area contributed by atoms with E-state index in [2.05, 4.69) is 45.7 Å².